The Morgan fingerprint density at radius 1 is 0.685 bits per heavy atom. The van der Waals surface area contributed by atoms with E-state index in [1.54, 1.807) is 50.4 Å². The molecule has 0 N–H and O–H groups in total. The number of para-hydroxylation sites is 2. The van der Waals surface area contributed by atoms with Gasteiger partial charge in [0.15, 0.2) is 0 Å². The molecule has 5 nitrogen and oxygen atoms in total. The minimum Gasteiger partial charge on any atom is -0.486 e. The summed E-state index contributed by atoms with van der Waals surface area (Å²) >= 11 is -2.28. The quantitative estimate of drug-likeness (QED) is 0.112. The normalized spacial score (nSPS) is 13.7. The van der Waals surface area contributed by atoms with Gasteiger partial charge in [-0.05, 0) is 65.4 Å². The number of aryl methyl sites for hydroxylation is 2. The second kappa shape index (κ2) is 20.6. The maximum atomic E-state index is 14.8. The van der Waals surface area contributed by atoms with E-state index < -0.39 is 38.7 Å². The van der Waals surface area contributed by atoms with E-state index >= 15 is 0 Å². The van der Waals surface area contributed by atoms with Crippen LogP contribution >= 0.6 is 0 Å². The summed E-state index contributed by atoms with van der Waals surface area (Å²) in [6.07, 6.45) is 1.73. The molecular formula is C65H59FGeIrN4O-2. The van der Waals surface area contributed by atoms with Crippen LogP contribution in [0.3, 0.4) is 0 Å². The molecule has 73 heavy (non-hydrogen) atoms. The third-order valence-electron chi connectivity index (χ3n) is 13.1. The SMILES string of the molecule is [2H]C([2H])([2H])c1cc[c-]c(-c2cc(C([2H])(C)C)[c]([Ge]([CH3])([CH3])[CH3])cn2)c1F.[2H]C([2H])([2H])c1ccc(-c2ccc3c(n2)oc2c(-c4nc5ccccc5n4-c4c(-c5ccccc5)cc(C(C)(C)C)cc4-c4ccccc4)[c-]ccc23)cc1.[Ir]. The molecule has 0 unspecified atom stereocenters. The molecule has 1 radical (unpaired) electrons. The van der Waals surface area contributed by atoms with Crippen LogP contribution in [0.5, 0.6) is 0 Å². The third-order valence-corrected chi connectivity index (χ3v) is 17.3. The largest absolute Gasteiger partial charge is 0.486 e. The summed E-state index contributed by atoms with van der Waals surface area (Å²) in [6, 6.07) is 59.4. The molecule has 0 saturated heterocycles. The van der Waals surface area contributed by atoms with Crippen LogP contribution in [0.2, 0.25) is 17.3 Å². The predicted octanol–water partition coefficient (Wildman–Crippen LogP) is 17.1. The first-order valence-electron chi connectivity index (χ1n) is 27.6. The average molecular weight is 1200 g/mol. The van der Waals surface area contributed by atoms with Gasteiger partial charge in [0.25, 0.3) is 0 Å². The Labute approximate surface area is 455 Å². The Morgan fingerprint density at radius 3 is 1.96 bits per heavy atom. The molecule has 4 aromatic heterocycles. The van der Waals surface area contributed by atoms with E-state index in [2.05, 4.69) is 145 Å². The maximum absolute atomic E-state index is 14.8. The van der Waals surface area contributed by atoms with Crippen molar-refractivity contribution in [2.75, 3.05) is 0 Å². The number of nitrogens with zero attached hydrogens (tertiary/aromatic N) is 4. The van der Waals surface area contributed by atoms with Crippen molar-refractivity contribution in [1.82, 2.24) is 19.5 Å². The van der Waals surface area contributed by atoms with E-state index in [4.69, 9.17) is 24.0 Å². The van der Waals surface area contributed by atoms with Crippen molar-refractivity contribution in [3.63, 3.8) is 0 Å². The zero-order chi connectivity index (χ0) is 56.4. The minimum atomic E-state index is -2.54. The maximum Gasteiger partial charge on any atom is 0.216 e. The van der Waals surface area contributed by atoms with Crippen molar-refractivity contribution >= 4 is 50.8 Å². The van der Waals surface area contributed by atoms with Gasteiger partial charge >= 0.3 is 135 Å². The number of benzene rings is 7. The van der Waals surface area contributed by atoms with Crippen LogP contribution in [-0.4, -0.2) is 32.8 Å². The molecule has 0 bridgehead atoms. The fourth-order valence-electron chi connectivity index (χ4n) is 9.26. The molecule has 8 heteroatoms. The minimum absolute atomic E-state index is 0. The van der Waals surface area contributed by atoms with E-state index in [0.717, 1.165) is 70.8 Å². The average Bonchev–Trinajstić information content (AvgIpc) is 4.20. The first-order valence-corrected chi connectivity index (χ1v) is 31.5. The van der Waals surface area contributed by atoms with Crippen molar-refractivity contribution in [3.05, 3.63) is 210 Å². The Balaban J connectivity index is 0.000000251. The molecule has 7 aromatic carbocycles. The number of pyridine rings is 2. The van der Waals surface area contributed by atoms with E-state index in [1.165, 1.54) is 17.7 Å². The number of rotatable bonds is 8. The molecule has 0 atom stereocenters. The van der Waals surface area contributed by atoms with Crippen LogP contribution in [0.25, 0.3) is 94.9 Å². The van der Waals surface area contributed by atoms with Gasteiger partial charge in [-0.3, -0.25) is 4.98 Å². The van der Waals surface area contributed by atoms with Gasteiger partial charge in [-0.15, -0.1) is 18.2 Å². The zero-order valence-electron chi connectivity index (χ0n) is 49.1. The second-order valence-electron chi connectivity index (χ2n) is 20.4. The molecule has 4 heterocycles. The molecule has 0 aliphatic carbocycles. The number of imidazole rings is 1. The summed E-state index contributed by atoms with van der Waals surface area (Å²) < 4.78 is 78.9. The van der Waals surface area contributed by atoms with Crippen LogP contribution < -0.4 is 4.40 Å². The first-order chi connectivity index (χ1) is 37.3. The van der Waals surface area contributed by atoms with Crippen molar-refractivity contribution in [1.29, 1.82) is 0 Å². The predicted molar refractivity (Wildman–Crippen MR) is 300 cm³/mol. The molecule has 0 fully saturated rings. The third kappa shape index (κ3) is 10.2. The van der Waals surface area contributed by atoms with Crippen LogP contribution in [0.4, 0.5) is 4.39 Å². The molecule has 0 aliphatic rings. The van der Waals surface area contributed by atoms with Crippen molar-refractivity contribution in [3.8, 4) is 61.8 Å². The monoisotopic (exact) mass is 1200 g/mol. The van der Waals surface area contributed by atoms with Gasteiger partial charge in [0.05, 0.1) is 33.8 Å². The second-order valence-corrected chi connectivity index (χ2v) is 31.0. The van der Waals surface area contributed by atoms with E-state index in [0.29, 0.717) is 28.5 Å². The van der Waals surface area contributed by atoms with Crippen molar-refractivity contribution in [2.45, 2.75) is 76.9 Å². The fourth-order valence-corrected chi connectivity index (χ4v) is 12.6. The van der Waals surface area contributed by atoms with Gasteiger partial charge in [-0.1, -0.05) is 134 Å². The summed E-state index contributed by atoms with van der Waals surface area (Å²) in [5.74, 6) is 5.67. The molecule has 11 rings (SSSR count). The number of hydrogen-bond acceptors (Lipinski definition) is 4. The zero-order valence-corrected chi connectivity index (χ0v) is 46.6. The molecule has 367 valence electrons. The Hall–Kier alpha value is -6.77. The molecule has 0 aliphatic heterocycles. The van der Waals surface area contributed by atoms with Gasteiger partial charge < -0.3 is 8.98 Å². The Bertz CT molecular complexity index is 4000. The van der Waals surface area contributed by atoms with Gasteiger partial charge in [0.1, 0.15) is 0 Å². The summed E-state index contributed by atoms with van der Waals surface area (Å²) in [5, 5.41) is 1.78. The summed E-state index contributed by atoms with van der Waals surface area (Å²) in [7, 11) is 0. The summed E-state index contributed by atoms with van der Waals surface area (Å²) in [4.78, 5) is 14.6. The standard InChI is InChI=1S/C47H36N3O.C18H23FGeN.Ir/c1-30-22-24-33(25-23-30)40-27-26-36-35-18-13-19-37(44(35)51-46(36)49-40)45-48-41-20-11-12-21-42(41)50(45)43-38(31-14-7-5-8-15-31)28-34(47(2,3)4)29-39(43)32-16-9-6-10-17-32;1-12(2)15-10-17(21-11-16(15)20(4,5)6)14-9-7-8-13(3)18(14)19;/h5-18,20-29H,1-4H3;7-8,10-12H,1-6H3;/q2*-1;/i1D3;3D3,12D;. The van der Waals surface area contributed by atoms with Crippen LogP contribution in [0.1, 0.15) is 72.4 Å². The Kier molecular flexibility index (Phi) is 12.1. The van der Waals surface area contributed by atoms with Gasteiger partial charge in [-0.25, -0.2) is 4.98 Å². The van der Waals surface area contributed by atoms with Crippen molar-refractivity contribution < 1.29 is 38.5 Å². The smallest absolute Gasteiger partial charge is 0.216 e. The number of aromatic nitrogens is 4. The summed E-state index contributed by atoms with van der Waals surface area (Å²) in [5.41, 5.74) is 12.8. The van der Waals surface area contributed by atoms with Crippen LogP contribution in [0, 0.1) is 31.7 Å². The number of fused-ring (bicyclic) bond motifs is 4. The molecule has 0 amide bonds. The van der Waals surface area contributed by atoms with Crippen molar-refractivity contribution in [2.24, 2.45) is 0 Å². The van der Waals surface area contributed by atoms with Crippen LogP contribution in [0.15, 0.2) is 174 Å². The molecule has 11 aromatic rings. The first kappa shape index (κ1) is 42.7. The van der Waals surface area contributed by atoms with E-state index in [-0.39, 0.29) is 42.2 Å². The summed E-state index contributed by atoms with van der Waals surface area (Å²) in [6.45, 7) is 5.65. The van der Waals surface area contributed by atoms with Crippen LogP contribution in [-0.2, 0) is 25.5 Å². The molecule has 0 spiro atoms. The van der Waals surface area contributed by atoms with E-state index in [1.807, 2.05) is 36.4 Å². The van der Waals surface area contributed by atoms with Gasteiger partial charge in [0, 0.05) is 46.3 Å². The molecular weight excluding hydrogens is 1140 g/mol. The molecule has 0 saturated carbocycles. The van der Waals surface area contributed by atoms with Gasteiger partial charge in [-0.2, -0.15) is 0 Å². The topological polar surface area (TPSA) is 56.7 Å². The fraction of sp³-hybridized carbons (Fsp3) is 0.185. The number of furan rings is 1. The van der Waals surface area contributed by atoms with Gasteiger partial charge in [0.2, 0.25) is 5.71 Å². The Morgan fingerprint density at radius 2 is 1.33 bits per heavy atom. The number of halogens is 1. The number of hydrogen-bond donors (Lipinski definition) is 0. The van der Waals surface area contributed by atoms with E-state index in [9.17, 15) is 4.39 Å².